The van der Waals surface area contributed by atoms with Crippen LogP contribution in [-0.4, -0.2) is 25.1 Å². The van der Waals surface area contributed by atoms with E-state index in [-0.39, 0.29) is 5.89 Å². The number of nitrogen functional groups attached to an aromatic ring is 1. The highest BCUT2D eigenvalue weighted by Crippen LogP contribution is 2.25. The zero-order valence-electron chi connectivity index (χ0n) is 12.2. The van der Waals surface area contributed by atoms with Crippen molar-refractivity contribution in [3.8, 4) is 23.0 Å². The van der Waals surface area contributed by atoms with E-state index in [1.54, 1.807) is 16.8 Å². The molecule has 3 aromatic rings. The molecule has 0 aliphatic rings. The number of anilines is 1. The zero-order valence-corrected chi connectivity index (χ0v) is 12.9. The van der Waals surface area contributed by atoms with Crippen LogP contribution in [-0.2, 0) is 6.54 Å². The third-order valence-electron chi connectivity index (χ3n) is 3.04. The van der Waals surface area contributed by atoms with Gasteiger partial charge in [-0.3, -0.25) is 0 Å². The molecule has 7 nitrogen and oxygen atoms in total. The van der Waals surface area contributed by atoms with E-state index in [9.17, 15) is 0 Å². The molecule has 0 aliphatic carbocycles. The van der Waals surface area contributed by atoms with E-state index < -0.39 is 0 Å². The normalized spacial score (nSPS) is 11.3. The summed E-state index contributed by atoms with van der Waals surface area (Å²) in [5.74, 6) is 1.52. The Balaban J connectivity index is 1.91. The molecule has 0 saturated carbocycles. The molecule has 3 rings (SSSR count). The van der Waals surface area contributed by atoms with Crippen LogP contribution in [0.2, 0.25) is 5.02 Å². The molecule has 0 atom stereocenters. The van der Waals surface area contributed by atoms with Crippen LogP contribution in [0.4, 0.5) is 5.82 Å². The van der Waals surface area contributed by atoms with E-state index >= 15 is 0 Å². The molecule has 0 fully saturated rings. The van der Waals surface area contributed by atoms with Gasteiger partial charge < -0.3 is 10.3 Å². The van der Waals surface area contributed by atoms with Gasteiger partial charge in [0.05, 0.1) is 0 Å². The summed E-state index contributed by atoms with van der Waals surface area (Å²) in [7, 11) is 0. The van der Waals surface area contributed by atoms with Gasteiger partial charge in [-0.15, -0.1) is 5.10 Å². The average Bonchev–Trinajstić information content (AvgIpc) is 3.08. The van der Waals surface area contributed by atoms with Gasteiger partial charge in [0.25, 0.3) is 5.89 Å². The SMILES string of the molecule is CC(C)Cn1nnc(-c2nc(-c3ccc(Cl)cc3)no2)c1N. The van der Waals surface area contributed by atoms with Gasteiger partial charge in [-0.2, -0.15) is 4.98 Å². The van der Waals surface area contributed by atoms with Gasteiger partial charge in [-0.1, -0.05) is 35.8 Å². The summed E-state index contributed by atoms with van der Waals surface area (Å²) in [6.07, 6.45) is 0. The fraction of sp³-hybridized carbons (Fsp3) is 0.286. The average molecular weight is 319 g/mol. The summed E-state index contributed by atoms with van der Waals surface area (Å²) in [4.78, 5) is 4.32. The molecular formula is C14H15ClN6O. The maximum absolute atomic E-state index is 6.04. The third kappa shape index (κ3) is 2.80. The number of hydrogen-bond donors (Lipinski definition) is 1. The molecule has 0 bridgehead atoms. The van der Waals surface area contributed by atoms with Crippen molar-refractivity contribution in [2.24, 2.45) is 5.92 Å². The molecule has 0 radical (unpaired) electrons. The van der Waals surface area contributed by atoms with E-state index in [1.165, 1.54) is 0 Å². The Labute approximate surface area is 132 Å². The zero-order chi connectivity index (χ0) is 15.7. The van der Waals surface area contributed by atoms with Gasteiger partial charge in [0.1, 0.15) is 0 Å². The van der Waals surface area contributed by atoms with Crippen molar-refractivity contribution >= 4 is 17.4 Å². The minimum atomic E-state index is 0.248. The van der Waals surface area contributed by atoms with Gasteiger partial charge in [0.15, 0.2) is 11.5 Å². The molecule has 2 heterocycles. The smallest absolute Gasteiger partial charge is 0.282 e. The van der Waals surface area contributed by atoms with E-state index in [4.69, 9.17) is 21.9 Å². The standard InChI is InChI=1S/C14H15ClN6O/c1-8(2)7-21-12(16)11(18-20-21)14-17-13(19-22-14)9-3-5-10(15)6-4-9/h3-6,8H,7,16H2,1-2H3. The summed E-state index contributed by atoms with van der Waals surface area (Å²) in [5.41, 5.74) is 7.24. The van der Waals surface area contributed by atoms with Gasteiger partial charge in [-0.05, 0) is 30.2 Å². The Morgan fingerprint density at radius 1 is 1.27 bits per heavy atom. The van der Waals surface area contributed by atoms with E-state index in [2.05, 4.69) is 34.3 Å². The Hall–Kier alpha value is -2.41. The molecule has 22 heavy (non-hydrogen) atoms. The molecule has 0 unspecified atom stereocenters. The molecule has 8 heteroatoms. The van der Waals surface area contributed by atoms with Crippen LogP contribution >= 0.6 is 11.6 Å². The van der Waals surface area contributed by atoms with Crippen LogP contribution < -0.4 is 5.73 Å². The molecule has 0 aliphatic heterocycles. The quantitative estimate of drug-likeness (QED) is 0.794. The second-order valence-corrected chi connectivity index (χ2v) is 5.77. The largest absolute Gasteiger partial charge is 0.382 e. The monoisotopic (exact) mass is 318 g/mol. The lowest BCUT2D eigenvalue weighted by Crippen LogP contribution is -2.09. The number of aromatic nitrogens is 5. The number of halogens is 1. The van der Waals surface area contributed by atoms with Crippen molar-refractivity contribution in [1.82, 2.24) is 25.1 Å². The van der Waals surface area contributed by atoms with Crippen LogP contribution in [0.1, 0.15) is 13.8 Å². The number of nitrogens with zero attached hydrogens (tertiary/aromatic N) is 5. The van der Waals surface area contributed by atoms with Gasteiger partial charge >= 0.3 is 0 Å². The summed E-state index contributed by atoms with van der Waals surface area (Å²) in [6.45, 7) is 4.83. The van der Waals surface area contributed by atoms with Crippen LogP contribution in [0.3, 0.4) is 0 Å². The van der Waals surface area contributed by atoms with Crippen molar-refractivity contribution in [3.63, 3.8) is 0 Å². The maximum Gasteiger partial charge on any atom is 0.282 e. The maximum atomic E-state index is 6.04. The molecule has 2 N–H and O–H groups in total. The molecule has 1 aromatic carbocycles. The first-order valence-electron chi connectivity index (χ1n) is 6.83. The van der Waals surface area contributed by atoms with Gasteiger partial charge in [0.2, 0.25) is 5.82 Å². The second-order valence-electron chi connectivity index (χ2n) is 5.33. The highest BCUT2D eigenvalue weighted by atomic mass is 35.5. The lowest BCUT2D eigenvalue weighted by molar-refractivity contribution is 0.431. The first-order valence-corrected chi connectivity index (χ1v) is 7.21. The van der Waals surface area contributed by atoms with Crippen molar-refractivity contribution in [1.29, 1.82) is 0 Å². The fourth-order valence-electron chi connectivity index (χ4n) is 1.99. The van der Waals surface area contributed by atoms with Crippen molar-refractivity contribution in [2.75, 3.05) is 5.73 Å². The number of nitrogens with two attached hydrogens (primary N) is 1. The van der Waals surface area contributed by atoms with E-state index in [1.807, 2.05) is 12.1 Å². The van der Waals surface area contributed by atoms with E-state index in [0.717, 1.165) is 5.56 Å². The van der Waals surface area contributed by atoms with Crippen LogP contribution in [0.15, 0.2) is 28.8 Å². The second kappa shape index (κ2) is 5.76. The summed E-state index contributed by atoms with van der Waals surface area (Å²) >= 11 is 5.86. The molecule has 0 amide bonds. The lowest BCUT2D eigenvalue weighted by atomic mass is 10.2. The number of benzene rings is 1. The van der Waals surface area contributed by atoms with Crippen LogP contribution in [0, 0.1) is 5.92 Å². The molecule has 114 valence electrons. The van der Waals surface area contributed by atoms with Crippen molar-refractivity contribution in [3.05, 3.63) is 29.3 Å². The van der Waals surface area contributed by atoms with Crippen LogP contribution in [0.25, 0.3) is 23.0 Å². The highest BCUT2D eigenvalue weighted by molar-refractivity contribution is 6.30. The highest BCUT2D eigenvalue weighted by Gasteiger charge is 2.19. The summed E-state index contributed by atoms with van der Waals surface area (Å²) < 4.78 is 6.88. The first-order chi connectivity index (χ1) is 10.5. The predicted octanol–water partition coefficient (Wildman–Crippen LogP) is 2.89. The summed E-state index contributed by atoms with van der Waals surface area (Å²) in [5, 5.41) is 12.6. The third-order valence-corrected chi connectivity index (χ3v) is 3.29. The molecule has 0 saturated heterocycles. The molecule has 2 aromatic heterocycles. The molecule has 0 spiro atoms. The topological polar surface area (TPSA) is 95.6 Å². The summed E-state index contributed by atoms with van der Waals surface area (Å²) in [6, 6.07) is 7.16. The number of rotatable bonds is 4. The minimum Gasteiger partial charge on any atom is -0.382 e. The van der Waals surface area contributed by atoms with Crippen LogP contribution in [0.5, 0.6) is 0 Å². The fourth-order valence-corrected chi connectivity index (χ4v) is 2.12. The Morgan fingerprint density at radius 2 is 2.00 bits per heavy atom. The number of hydrogen-bond acceptors (Lipinski definition) is 6. The Bertz CT molecular complexity index is 777. The minimum absolute atomic E-state index is 0.248. The predicted molar refractivity (Wildman–Crippen MR) is 83.0 cm³/mol. The van der Waals surface area contributed by atoms with Gasteiger partial charge in [-0.25, -0.2) is 4.68 Å². The van der Waals surface area contributed by atoms with Gasteiger partial charge in [0, 0.05) is 17.1 Å². The lowest BCUT2D eigenvalue weighted by Gasteiger charge is -2.04. The Morgan fingerprint density at radius 3 is 2.68 bits per heavy atom. The van der Waals surface area contributed by atoms with Crippen molar-refractivity contribution < 1.29 is 4.52 Å². The van der Waals surface area contributed by atoms with E-state index in [0.29, 0.717) is 34.8 Å². The van der Waals surface area contributed by atoms with Crippen molar-refractivity contribution in [2.45, 2.75) is 20.4 Å². The first kappa shape index (κ1) is 14.5. The molecular weight excluding hydrogens is 304 g/mol. The Kier molecular flexibility index (Phi) is 3.81.